The highest BCUT2D eigenvalue weighted by molar-refractivity contribution is 5.77. The summed E-state index contributed by atoms with van der Waals surface area (Å²) in [6.07, 6.45) is 1.72. The summed E-state index contributed by atoms with van der Waals surface area (Å²) in [5.41, 5.74) is 1.68. The van der Waals surface area contributed by atoms with E-state index >= 15 is 0 Å². The van der Waals surface area contributed by atoms with E-state index in [1.165, 1.54) is 0 Å². The third-order valence-electron chi connectivity index (χ3n) is 3.64. The molecule has 0 bridgehead atoms. The summed E-state index contributed by atoms with van der Waals surface area (Å²) in [4.78, 5) is 21.1. The van der Waals surface area contributed by atoms with E-state index in [0.29, 0.717) is 19.0 Å². The third kappa shape index (κ3) is 2.14. The predicted octanol–water partition coefficient (Wildman–Crippen LogP) is 1.76. The largest absolute Gasteiger partial charge is 0.381 e. The highest BCUT2D eigenvalue weighted by Gasteiger charge is 2.20. The van der Waals surface area contributed by atoms with Crippen LogP contribution in [0.2, 0.25) is 0 Å². The molecule has 1 aliphatic heterocycles. The fourth-order valence-electron chi connectivity index (χ4n) is 2.72. The maximum Gasteiger partial charge on any atom is 0.252 e. The molecule has 0 spiro atoms. The molecule has 0 aliphatic carbocycles. The summed E-state index contributed by atoms with van der Waals surface area (Å²) in [7, 11) is 0. The molecule has 2 aromatic rings. The van der Waals surface area contributed by atoms with E-state index in [-0.39, 0.29) is 11.6 Å². The topological polar surface area (TPSA) is 57.0 Å². The molecule has 2 aromatic heterocycles. The average Bonchev–Trinajstić information content (AvgIpc) is 2.39. The Balaban J connectivity index is 2.26. The molecule has 5 nitrogen and oxygen atoms in total. The number of pyridine rings is 1. The number of aromatic nitrogens is 3. The third-order valence-corrected chi connectivity index (χ3v) is 3.64. The Labute approximate surface area is 111 Å². The van der Waals surface area contributed by atoms with Crippen LogP contribution in [-0.2, 0) is 4.74 Å². The van der Waals surface area contributed by atoms with Crippen LogP contribution in [0.25, 0.3) is 11.0 Å². The van der Waals surface area contributed by atoms with E-state index in [0.717, 1.165) is 29.6 Å². The summed E-state index contributed by atoms with van der Waals surface area (Å²) < 4.78 is 7.19. The van der Waals surface area contributed by atoms with Crippen LogP contribution in [-0.4, -0.2) is 27.7 Å². The first-order chi connectivity index (χ1) is 9.16. The van der Waals surface area contributed by atoms with Gasteiger partial charge >= 0.3 is 0 Å². The van der Waals surface area contributed by atoms with E-state index in [4.69, 9.17) is 4.74 Å². The second-order valence-electron chi connectivity index (χ2n) is 4.98. The molecule has 0 radical (unpaired) electrons. The lowest BCUT2D eigenvalue weighted by molar-refractivity contribution is 0.0697. The van der Waals surface area contributed by atoms with Crippen molar-refractivity contribution in [2.24, 2.45) is 0 Å². The minimum Gasteiger partial charge on any atom is -0.381 e. The minimum atomic E-state index is 0.0110. The lowest BCUT2D eigenvalue weighted by atomic mass is 10.1. The molecule has 0 aromatic carbocycles. The maximum absolute atomic E-state index is 12.2. The van der Waals surface area contributed by atoms with Gasteiger partial charge in [-0.15, -0.1) is 0 Å². The van der Waals surface area contributed by atoms with Crippen molar-refractivity contribution in [1.82, 2.24) is 14.5 Å². The predicted molar refractivity (Wildman–Crippen MR) is 72.4 cm³/mol. The second kappa shape index (κ2) is 4.74. The van der Waals surface area contributed by atoms with Crippen LogP contribution >= 0.6 is 0 Å². The molecule has 1 aliphatic rings. The number of ether oxygens (including phenoxy) is 1. The summed E-state index contributed by atoms with van der Waals surface area (Å²) in [6, 6.07) is 3.62. The molecule has 1 fully saturated rings. The summed E-state index contributed by atoms with van der Waals surface area (Å²) in [6.45, 7) is 5.22. The number of fused-ring (bicyclic) bond motifs is 1. The molecule has 3 heterocycles. The SMILES string of the molecule is Cc1nc(C)c2ccc(=O)n(C3CCOCC3)c2n1. The average molecular weight is 259 g/mol. The van der Waals surface area contributed by atoms with Gasteiger partial charge in [0.2, 0.25) is 0 Å². The number of nitrogens with zero attached hydrogens (tertiary/aromatic N) is 3. The molecule has 1 saturated heterocycles. The molecule has 5 heteroatoms. The van der Waals surface area contributed by atoms with Crippen molar-refractivity contribution < 1.29 is 4.74 Å². The van der Waals surface area contributed by atoms with E-state index in [9.17, 15) is 4.79 Å². The zero-order valence-corrected chi connectivity index (χ0v) is 11.2. The van der Waals surface area contributed by atoms with E-state index in [2.05, 4.69) is 9.97 Å². The first kappa shape index (κ1) is 12.3. The number of rotatable bonds is 1. The van der Waals surface area contributed by atoms with Gasteiger partial charge in [0, 0.05) is 30.7 Å². The summed E-state index contributed by atoms with van der Waals surface area (Å²) >= 11 is 0. The molecule has 3 rings (SSSR count). The van der Waals surface area contributed by atoms with E-state index < -0.39 is 0 Å². The Morgan fingerprint density at radius 1 is 1.21 bits per heavy atom. The van der Waals surface area contributed by atoms with Gasteiger partial charge in [-0.1, -0.05) is 0 Å². The lowest BCUT2D eigenvalue weighted by Crippen LogP contribution is -2.29. The Kier molecular flexibility index (Phi) is 3.06. The van der Waals surface area contributed by atoms with Crippen LogP contribution in [0.1, 0.15) is 30.4 Å². The molecular formula is C14H17N3O2. The monoisotopic (exact) mass is 259 g/mol. The van der Waals surface area contributed by atoms with E-state index in [1.807, 2.05) is 24.5 Å². The smallest absolute Gasteiger partial charge is 0.252 e. The van der Waals surface area contributed by atoms with Crippen molar-refractivity contribution in [2.75, 3.05) is 13.2 Å². The van der Waals surface area contributed by atoms with Crippen molar-refractivity contribution in [2.45, 2.75) is 32.7 Å². The molecule has 0 N–H and O–H groups in total. The Morgan fingerprint density at radius 2 is 1.95 bits per heavy atom. The van der Waals surface area contributed by atoms with Crippen LogP contribution in [0.3, 0.4) is 0 Å². The van der Waals surface area contributed by atoms with Crippen molar-refractivity contribution in [3.05, 3.63) is 34.0 Å². The van der Waals surface area contributed by atoms with Crippen molar-refractivity contribution in [3.8, 4) is 0 Å². The molecule has 0 saturated carbocycles. The molecule has 19 heavy (non-hydrogen) atoms. The molecule has 100 valence electrons. The van der Waals surface area contributed by atoms with Gasteiger partial charge in [0.15, 0.2) is 0 Å². The Bertz CT molecular complexity index is 672. The van der Waals surface area contributed by atoms with Crippen LogP contribution in [0.15, 0.2) is 16.9 Å². The summed E-state index contributed by atoms with van der Waals surface area (Å²) in [5.74, 6) is 0.705. The van der Waals surface area contributed by atoms with E-state index in [1.54, 1.807) is 6.07 Å². The molecule has 0 amide bonds. The van der Waals surface area contributed by atoms with Crippen molar-refractivity contribution >= 4 is 11.0 Å². The van der Waals surface area contributed by atoms with Crippen LogP contribution in [0.5, 0.6) is 0 Å². The van der Waals surface area contributed by atoms with Crippen LogP contribution in [0.4, 0.5) is 0 Å². The summed E-state index contributed by atoms with van der Waals surface area (Å²) in [5, 5.41) is 0.955. The Hall–Kier alpha value is -1.75. The van der Waals surface area contributed by atoms with Gasteiger partial charge in [-0.25, -0.2) is 9.97 Å². The zero-order valence-electron chi connectivity index (χ0n) is 11.2. The van der Waals surface area contributed by atoms with Gasteiger partial charge in [-0.2, -0.15) is 0 Å². The lowest BCUT2D eigenvalue weighted by Gasteiger charge is -2.25. The zero-order chi connectivity index (χ0) is 13.4. The van der Waals surface area contributed by atoms with Gasteiger partial charge in [0.25, 0.3) is 5.56 Å². The molecular weight excluding hydrogens is 242 g/mol. The van der Waals surface area contributed by atoms with Gasteiger partial charge in [0.05, 0.1) is 5.69 Å². The number of aryl methyl sites for hydroxylation is 2. The van der Waals surface area contributed by atoms with Gasteiger partial charge in [0.1, 0.15) is 11.5 Å². The fourth-order valence-corrected chi connectivity index (χ4v) is 2.72. The maximum atomic E-state index is 12.2. The normalized spacial score (nSPS) is 16.9. The van der Waals surface area contributed by atoms with Crippen molar-refractivity contribution in [3.63, 3.8) is 0 Å². The highest BCUT2D eigenvalue weighted by Crippen LogP contribution is 2.23. The number of hydrogen-bond donors (Lipinski definition) is 0. The van der Waals surface area contributed by atoms with Crippen LogP contribution in [0, 0.1) is 13.8 Å². The van der Waals surface area contributed by atoms with Gasteiger partial charge in [-0.3, -0.25) is 9.36 Å². The van der Waals surface area contributed by atoms with Crippen LogP contribution < -0.4 is 5.56 Å². The second-order valence-corrected chi connectivity index (χ2v) is 4.98. The van der Waals surface area contributed by atoms with Gasteiger partial charge in [-0.05, 0) is 32.8 Å². The minimum absolute atomic E-state index is 0.0110. The standard InChI is InChI=1S/C14H17N3O2/c1-9-12-3-4-13(18)17(11-5-7-19-8-6-11)14(12)16-10(2)15-9/h3-4,11H,5-8H2,1-2H3. The van der Waals surface area contributed by atoms with Crippen molar-refractivity contribution in [1.29, 1.82) is 0 Å². The quantitative estimate of drug-likeness (QED) is 0.783. The van der Waals surface area contributed by atoms with Gasteiger partial charge < -0.3 is 4.74 Å². The molecule has 0 unspecified atom stereocenters. The first-order valence-corrected chi connectivity index (χ1v) is 6.61. The fraction of sp³-hybridized carbons (Fsp3) is 0.500. The molecule has 0 atom stereocenters. The first-order valence-electron chi connectivity index (χ1n) is 6.61. The number of hydrogen-bond acceptors (Lipinski definition) is 4. The Morgan fingerprint density at radius 3 is 2.68 bits per heavy atom. The highest BCUT2D eigenvalue weighted by atomic mass is 16.5.